The molecule has 3 saturated carbocycles. The highest BCUT2D eigenvalue weighted by atomic mass is 16.3. The van der Waals surface area contributed by atoms with Crippen molar-refractivity contribution in [3.05, 3.63) is 11.1 Å². The van der Waals surface area contributed by atoms with Crippen molar-refractivity contribution in [1.82, 2.24) is 0 Å². The molecule has 8 atom stereocenters. The van der Waals surface area contributed by atoms with Gasteiger partial charge in [-0.15, -0.1) is 0 Å². The number of aliphatic hydroxyl groups excluding tert-OH is 1. The van der Waals surface area contributed by atoms with Crippen LogP contribution in [0.25, 0.3) is 0 Å². The summed E-state index contributed by atoms with van der Waals surface area (Å²) in [5.41, 5.74) is 5.04. The molecule has 0 radical (unpaired) electrons. The van der Waals surface area contributed by atoms with E-state index >= 15 is 0 Å². The molecule has 0 saturated heterocycles. The van der Waals surface area contributed by atoms with Gasteiger partial charge in [0, 0.05) is 6.61 Å². The molecular formula is C28H48O. The lowest BCUT2D eigenvalue weighted by atomic mass is 9.49. The van der Waals surface area contributed by atoms with E-state index in [1.807, 2.05) is 11.1 Å². The van der Waals surface area contributed by atoms with E-state index in [1.54, 1.807) is 0 Å². The number of hydrogen-bond acceptors (Lipinski definition) is 1. The molecule has 4 rings (SSSR count). The molecule has 0 aromatic heterocycles. The SMILES string of the molecule is CC(CO)[C@H](C)CC[C@@H](C)[C@H]1CCC2=C3CCC4CCCC[C@]4(C)[C@H]3CC[C@@]21C. The molecule has 0 aromatic carbocycles. The van der Waals surface area contributed by atoms with Gasteiger partial charge in [0.15, 0.2) is 0 Å². The Labute approximate surface area is 181 Å². The summed E-state index contributed by atoms with van der Waals surface area (Å²) in [7, 11) is 0. The smallest absolute Gasteiger partial charge is 0.0459 e. The maximum absolute atomic E-state index is 9.48. The molecule has 0 spiro atoms. The van der Waals surface area contributed by atoms with Gasteiger partial charge in [-0.05, 0) is 97.7 Å². The van der Waals surface area contributed by atoms with E-state index in [0.717, 1.165) is 23.7 Å². The molecule has 4 aliphatic carbocycles. The van der Waals surface area contributed by atoms with Crippen LogP contribution in [0, 0.1) is 46.3 Å². The van der Waals surface area contributed by atoms with Gasteiger partial charge in [-0.2, -0.15) is 0 Å². The standard InChI is InChI=1S/C28H48O/c1-19(21(3)18-29)9-10-20(2)24-13-14-25-23-12-11-22-8-6-7-16-27(22,4)26(23)15-17-28(24,25)5/h19-22,24,26,29H,6-18H2,1-5H3/t19-,20-,21?,22?,24-,26+,27+,28-/m1/s1. The Morgan fingerprint density at radius 2 is 1.69 bits per heavy atom. The summed E-state index contributed by atoms with van der Waals surface area (Å²) >= 11 is 0. The Bertz CT molecular complexity index is 620. The first-order valence-electron chi connectivity index (χ1n) is 13.1. The highest BCUT2D eigenvalue weighted by molar-refractivity contribution is 5.34. The summed E-state index contributed by atoms with van der Waals surface area (Å²) in [5.74, 6) is 4.74. The van der Waals surface area contributed by atoms with Crippen LogP contribution >= 0.6 is 0 Å². The van der Waals surface area contributed by atoms with Crippen LogP contribution in [-0.4, -0.2) is 11.7 Å². The van der Waals surface area contributed by atoms with Crippen molar-refractivity contribution in [2.24, 2.45) is 46.3 Å². The van der Waals surface area contributed by atoms with Gasteiger partial charge >= 0.3 is 0 Å². The second-order valence-electron chi connectivity index (χ2n) is 12.3. The van der Waals surface area contributed by atoms with E-state index in [-0.39, 0.29) is 0 Å². The van der Waals surface area contributed by atoms with Crippen LogP contribution in [-0.2, 0) is 0 Å². The molecule has 0 aromatic rings. The predicted molar refractivity (Wildman–Crippen MR) is 124 cm³/mol. The minimum absolute atomic E-state index is 0.341. The van der Waals surface area contributed by atoms with Crippen LogP contribution in [0.4, 0.5) is 0 Å². The molecule has 0 aliphatic heterocycles. The molecule has 1 N–H and O–H groups in total. The van der Waals surface area contributed by atoms with Crippen molar-refractivity contribution in [3.8, 4) is 0 Å². The average molecular weight is 401 g/mol. The molecule has 0 heterocycles. The van der Waals surface area contributed by atoms with Gasteiger partial charge in [-0.1, -0.05) is 71.4 Å². The van der Waals surface area contributed by atoms with Crippen LogP contribution in [0.3, 0.4) is 0 Å². The van der Waals surface area contributed by atoms with E-state index in [0.29, 0.717) is 29.3 Å². The summed E-state index contributed by atoms with van der Waals surface area (Å²) in [6.45, 7) is 12.8. The van der Waals surface area contributed by atoms with Gasteiger partial charge in [0.05, 0.1) is 0 Å². The Morgan fingerprint density at radius 1 is 0.897 bits per heavy atom. The minimum atomic E-state index is 0.341. The van der Waals surface area contributed by atoms with E-state index in [4.69, 9.17) is 0 Å². The Kier molecular flexibility index (Phi) is 6.29. The number of allylic oxidation sites excluding steroid dienone is 2. The fraction of sp³-hybridized carbons (Fsp3) is 0.929. The van der Waals surface area contributed by atoms with Crippen molar-refractivity contribution in [3.63, 3.8) is 0 Å². The summed E-state index contributed by atoms with van der Waals surface area (Å²) in [5, 5.41) is 9.48. The minimum Gasteiger partial charge on any atom is -0.396 e. The van der Waals surface area contributed by atoms with E-state index in [9.17, 15) is 5.11 Å². The topological polar surface area (TPSA) is 20.2 Å². The van der Waals surface area contributed by atoms with E-state index in [2.05, 4.69) is 34.6 Å². The van der Waals surface area contributed by atoms with Crippen molar-refractivity contribution in [2.45, 2.75) is 112 Å². The summed E-state index contributed by atoms with van der Waals surface area (Å²) in [4.78, 5) is 0. The molecule has 1 heteroatoms. The van der Waals surface area contributed by atoms with Crippen molar-refractivity contribution in [1.29, 1.82) is 0 Å². The second kappa shape index (κ2) is 8.33. The number of fused-ring (bicyclic) bond motifs is 4. The fourth-order valence-corrected chi connectivity index (χ4v) is 8.67. The predicted octanol–water partition coefficient (Wildman–Crippen LogP) is 7.78. The third-order valence-corrected chi connectivity index (χ3v) is 11.0. The molecule has 166 valence electrons. The zero-order chi connectivity index (χ0) is 20.8. The molecule has 4 aliphatic rings. The average Bonchev–Trinajstić information content (AvgIpc) is 3.08. The lowest BCUT2D eigenvalue weighted by Crippen LogP contribution is -2.46. The lowest BCUT2D eigenvalue weighted by molar-refractivity contribution is 0.00917. The normalized spacial score (nSPS) is 42.6. The van der Waals surface area contributed by atoms with Gasteiger partial charge in [0.2, 0.25) is 0 Å². The summed E-state index contributed by atoms with van der Waals surface area (Å²) in [6, 6.07) is 0. The fourth-order valence-electron chi connectivity index (χ4n) is 8.67. The monoisotopic (exact) mass is 400 g/mol. The zero-order valence-electron chi connectivity index (χ0n) is 20.1. The molecule has 1 nitrogen and oxygen atoms in total. The number of hydrogen-bond donors (Lipinski definition) is 1. The summed E-state index contributed by atoms with van der Waals surface area (Å²) in [6.07, 6.45) is 17.3. The molecule has 3 fully saturated rings. The third kappa shape index (κ3) is 3.66. The first-order valence-corrected chi connectivity index (χ1v) is 13.1. The maximum Gasteiger partial charge on any atom is 0.0459 e. The van der Waals surface area contributed by atoms with Gasteiger partial charge in [0.25, 0.3) is 0 Å². The van der Waals surface area contributed by atoms with Crippen LogP contribution in [0.5, 0.6) is 0 Å². The third-order valence-electron chi connectivity index (χ3n) is 11.0. The largest absolute Gasteiger partial charge is 0.396 e. The zero-order valence-corrected chi connectivity index (χ0v) is 20.1. The number of rotatable bonds is 6. The van der Waals surface area contributed by atoms with Crippen LogP contribution in [0.15, 0.2) is 11.1 Å². The Balaban J connectivity index is 1.50. The van der Waals surface area contributed by atoms with Gasteiger partial charge in [-0.3, -0.25) is 0 Å². The lowest BCUT2D eigenvalue weighted by Gasteiger charge is -2.56. The second-order valence-corrected chi connectivity index (χ2v) is 12.3. The Hall–Kier alpha value is -0.300. The molecule has 2 unspecified atom stereocenters. The van der Waals surface area contributed by atoms with Gasteiger partial charge in [-0.25, -0.2) is 0 Å². The van der Waals surface area contributed by atoms with Gasteiger partial charge < -0.3 is 5.11 Å². The van der Waals surface area contributed by atoms with Crippen molar-refractivity contribution in [2.75, 3.05) is 6.61 Å². The first kappa shape index (κ1) is 21.9. The molecular weight excluding hydrogens is 352 g/mol. The maximum atomic E-state index is 9.48. The highest BCUT2D eigenvalue weighted by Gasteiger charge is 2.54. The molecule has 29 heavy (non-hydrogen) atoms. The van der Waals surface area contributed by atoms with E-state index in [1.165, 1.54) is 77.0 Å². The van der Waals surface area contributed by atoms with Crippen molar-refractivity contribution >= 4 is 0 Å². The quantitative estimate of drug-likeness (QED) is 0.451. The van der Waals surface area contributed by atoms with E-state index < -0.39 is 0 Å². The van der Waals surface area contributed by atoms with Crippen molar-refractivity contribution < 1.29 is 5.11 Å². The highest BCUT2D eigenvalue weighted by Crippen LogP contribution is 2.65. The van der Waals surface area contributed by atoms with Crippen LogP contribution in [0.2, 0.25) is 0 Å². The Morgan fingerprint density at radius 3 is 2.45 bits per heavy atom. The molecule has 0 bridgehead atoms. The number of aliphatic hydroxyl groups is 1. The van der Waals surface area contributed by atoms with Crippen LogP contribution < -0.4 is 0 Å². The first-order chi connectivity index (χ1) is 13.8. The molecule has 0 amide bonds. The summed E-state index contributed by atoms with van der Waals surface area (Å²) < 4.78 is 0. The van der Waals surface area contributed by atoms with Crippen LogP contribution in [0.1, 0.15) is 112 Å². The van der Waals surface area contributed by atoms with Gasteiger partial charge in [0.1, 0.15) is 0 Å².